The summed E-state index contributed by atoms with van der Waals surface area (Å²) in [6, 6.07) is 17.3. The molecule has 0 unspecified atom stereocenters. The Morgan fingerprint density at radius 3 is 2.60 bits per heavy atom. The third kappa shape index (κ3) is 8.57. The zero-order chi connectivity index (χ0) is 34.3. The van der Waals surface area contributed by atoms with Gasteiger partial charge in [-0.2, -0.15) is 0 Å². The molecule has 2 fully saturated rings. The fourth-order valence-corrected chi connectivity index (χ4v) is 7.09. The predicted molar refractivity (Wildman–Crippen MR) is 198 cm³/mol. The van der Waals surface area contributed by atoms with Gasteiger partial charge in [0.2, 0.25) is 0 Å². The maximum absolute atomic E-state index is 12.9. The number of urea groups is 1. The Bertz CT molecular complexity index is 1930. The van der Waals surface area contributed by atoms with E-state index in [1.54, 1.807) is 13.4 Å². The molecule has 2 saturated heterocycles. The molecule has 14 heteroatoms. The molecule has 0 bridgehead atoms. The van der Waals surface area contributed by atoms with Gasteiger partial charge in [-0.1, -0.05) is 23.5 Å². The molecule has 2 amide bonds. The van der Waals surface area contributed by atoms with Crippen LogP contribution in [0.2, 0.25) is 0 Å². The van der Waals surface area contributed by atoms with Gasteiger partial charge in [0.1, 0.15) is 12.1 Å². The minimum atomic E-state index is -0.342. The number of rotatable bonds is 12. The van der Waals surface area contributed by atoms with Gasteiger partial charge < -0.3 is 34.6 Å². The lowest BCUT2D eigenvalue weighted by molar-refractivity contribution is 0.0342. The molecule has 5 aromatic rings. The molecule has 0 saturated carbocycles. The smallest absolute Gasteiger partial charge is 0.325 e. The van der Waals surface area contributed by atoms with Crippen molar-refractivity contribution in [3.05, 3.63) is 66.5 Å². The first-order valence-corrected chi connectivity index (χ1v) is 17.8. The highest BCUT2D eigenvalue weighted by atomic mass is 32.1. The van der Waals surface area contributed by atoms with Crippen LogP contribution in [0.25, 0.3) is 21.1 Å². The second-order valence-electron chi connectivity index (χ2n) is 12.6. The van der Waals surface area contributed by atoms with Crippen LogP contribution < -0.4 is 25.4 Å². The third-order valence-corrected chi connectivity index (χ3v) is 9.89. The van der Waals surface area contributed by atoms with E-state index < -0.39 is 0 Å². The number of piperazine rings is 1. The Morgan fingerprint density at radius 2 is 1.76 bits per heavy atom. The maximum atomic E-state index is 12.9. The van der Waals surface area contributed by atoms with Crippen molar-refractivity contribution in [1.29, 1.82) is 0 Å². The number of thiazole rings is 1. The molecular formula is C36H43N9O4S. The number of benzene rings is 3. The highest BCUT2D eigenvalue weighted by Gasteiger charge is 2.16. The number of anilines is 4. The Balaban J connectivity index is 0.974. The lowest BCUT2D eigenvalue weighted by Gasteiger charge is -2.32. The Hall–Kier alpha value is -4.60. The molecule has 0 spiro atoms. The maximum Gasteiger partial charge on any atom is 0.325 e. The van der Waals surface area contributed by atoms with Crippen LogP contribution >= 0.6 is 11.3 Å². The van der Waals surface area contributed by atoms with Gasteiger partial charge in [-0.3, -0.25) is 10.2 Å². The van der Waals surface area contributed by atoms with E-state index in [1.165, 1.54) is 11.3 Å². The SMILES string of the molecule is COc1cc2c(Nc3ccc4nc(NC(=O)Nc5cccc(CN6CCOCC6)c5)sc4c3)ncnc2cc1OCCCN1CCN(C)CC1. The molecule has 3 aromatic carbocycles. The van der Waals surface area contributed by atoms with Crippen molar-refractivity contribution in [3.63, 3.8) is 0 Å². The molecule has 7 rings (SSSR count). The van der Waals surface area contributed by atoms with Crippen LogP contribution in [-0.2, 0) is 11.3 Å². The van der Waals surface area contributed by atoms with Crippen LogP contribution in [0.4, 0.5) is 27.1 Å². The highest BCUT2D eigenvalue weighted by Crippen LogP contribution is 2.36. The van der Waals surface area contributed by atoms with E-state index in [0.29, 0.717) is 29.1 Å². The number of methoxy groups -OCH3 is 1. The summed E-state index contributed by atoms with van der Waals surface area (Å²) in [6.45, 7) is 10.2. The summed E-state index contributed by atoms with van der Waals surface area (Å²) < 4.78 is 18.2. The van der Waals surface area contributed by atoms with Gasteiger partial charge in [-0.05, 0) is 55.4 Å². The van der Waals surface area contributed by atoms with Crippen molar-refractivity contribution in [2.75, 3.05) is 95.7 Å². The molecule has 3 N–H and O–H groups in total. The number of morpholine rings is 1. The molecule has 0 aliphatic carbocycles. The summed E-state index contributed by atoms with van der Waals surface area (Å²) in [5.74, 6) is 1.94. The van der Waals surface area contributed by atoms with Crippen LogP contribution in [-0.4, -0.2) is 115 Å². The molecule has 0 atom stereocenters. The van der Waals surface area contributed by atoms with Gasteiger partial charge >= 0.3 is 6.03 Å². The van der Waals surface area contributed by atoms with Gasteiger partial charge in [0, 0.05) is 75.2 Å². The van der Waals surface area contributed by atoms with E-state index in [4.69, 9.17) is 14.2 Å². The minimum Gasteiger partial charge on any atom is -0.493 e. The first-order chi connectivity index (χ1) is 24.5. The van der Waals surface area contributed by atoms with Gasteiger partial charge in [-0.15, -0.1) is 0 Å². The third-order valence-electron chi connectivity index (χ3n) is 8.96. The molecule has 262 valence electrons. The largest absolute Gasteiger partial charge is 0.493 e. The fourth-order valence-electron chi connectivity index (χ4n) is 6.19. The molecule has 50 heavy (non-hydrogen) atoms. The Kier molecular flexibility index (Phi) is 10.8. The van der Waals surface area contributed by atoms with Gasteiger partial charge in [0.15, 0.2) is 16.6 Å². The lowest BCUT2D eigenvalue weighted by Crippen LogP contribution is -2.44. The van der Waals surface area contributed by atoms with E-state index in [-0.39, 0.29) is 6.03 Å². The number of fused-ring (bicyclic) bond motifs is 2. The number of ether oxygens (including phenoxy) is 3. The normalized spacial score (nSPS) is 16.0. The number of hydrogen-bond acceptors (Lipinski definition) is 12. The Labute approximate surface area is 295 Å². The first kappa shape index (κ1) is 33.9. The number of carbonyl (C=O) groups is 1. The summed E-state index contributed by atoms with van der Waals surface area (Å²) in [5.41, 5.74) is 4.24. The van der Waals surface area contributed by atoms with Crippen molar-refractivity contribution in [2.24, 2.45) is 0 Å². The van der Waals surface area contributed by atoms with Crippen LogP contribution in [0, 0.1) is 0 Å². The van der Waals surface area contributed by atoms with Crippen LogP contribution in [0.3, 0.4) is 0 Å². The molecule has 13 nitrogen and oxygen atoms in total. The number of carbonyl (C=O) groups excluding carboxylic acids is 1. The van der Waals surface area contributed by atoms with Crippen molar-refractivity contribution in [2.45, 2.75) is 13.0 Å². The van der Waals surface area contributed by atoms with Gasteiger partial charge in [0.05, 0.1) is 42.7 Å². The number of amides is 2. The number of hydrogen-bond donors (Lipinski definition) is 3. The number of nitrogens with one attached hydrogen (secondary N) is 3. The second kappa shape index (κ2) is 16.0. The zero-order valence-electron chi connectivity index (χ0n) is 28.5. The molecule has 2 aliphatic heterocycles. The summed E-state index contributed by atoms with van der Waals surface area (Å²) in [5, 5.41) is 10.6. The van der Waals surface area contributed by atoms with E-state index >= 15 is 0 Å². The zero-order valence-corrected chi connectivity index (χ0v) is 29.3. The van der Waals surface area contributed by atoms with Crippen LogP contribution in [0.15, 0.2) is 60.9 Å². The summed E-state index contributed by atoms with van der Waals surface area (Å²) in [4.78, 5) is 33.7. The van der Waals surface area contributed by atoms with Crippen LogP contribution in [0.5, 0.6) is 11.5 Å². The van der Waals surface area contributed by atoms with Gasteiger partial charge in [0.25, 0.3) is 0 Å². The van der Waals surface area contributed by atoms with Crippen molar-refractivity contribution < 1.29 is 19.0 Å². The number of aromatic nitrogens is 3. The summed E-state index contributed by atoms with van der Waals surface area (Å²) >= 11 is 1.40. The standard InChI is InChI=1S/C36H43N9O4S/c1-43-10-12-44(13-11-43)9-4-16-49-32-22-30-28(21-31(32)47-2)34(38-24-37-30)39-27-7-8-29-33(20-27)50-36(41-29)42-35(46)40-26-6-3-5-25(19-26)23-45-14-17-48-18-15-45/h3,5-8,19-22,24H,4,9-18,23H2,1-2H3,(H,37,38,39)(H2,40,41,42,46). The van der Waals surface area contributed by atoms with E-state index in [2.05, 4.69) is 58.7 Å². The average molecular weight is 698 g/mol. The summed E-state index contributed by atoms with van der Waals surface area (Å²) in [6.07, 6.45) is 2.48. The molecule has 2 aliphatic rings. The number of nitrogens with zero attached hydrogens (tertiary/aromatic N) is 6. The van der Waals surface area contributed by atoms with Crippen molar-refractivity contribution >= 4 is 60.8 Å². The molecule has 0 radical (unpaired) electrons. The lowest BCUT2D eigenvalue weighted by atomic mass is 10.2. The van der Waals surface area contributed by atoms with E-state index in [1.807, 2.05) is 48.5 Å². The van der Waals surface area contributed by atoms with Crippen LogP contribution in [0.1, 0.15) is 12.0 Å². The highest BCUT2D eigenvalue weighted by molar-refractivity contribution is 7.22. The minimum absolute atomic E-state index is 0.342. The van der Waals surface area contributed by atoms with Gasteiger partial charge in [-0.25, -0.2) is 19.7 Å². The monoisotopic (exact) mass is 697 g/mol. The predicted octanol–water partition coefficient (Wildman–Crippen LogP) is 5.48. The quantitative estimate of drug-likeness (QED) is 0.143. The molecular weight excluding hydrogens is 655 g/mol. The first-order valence-electron chi connectivity index (χ1n) is 17.0. The fraction of sp³-hybridized carbons (Fsp3) is 0.389. The molecule has 4 heterocycles. The van der Waals surface area contributed by atoms with Crippen molar-refractivity contribution in [1.82, 2.24) is 29.7 Å². The summed E-state index contributed by atoms with van der Waals surface area (Å²) in [7, 11) is 3.81. The number of likely N-dealkylation sites (N-methyl/N-ethyl adjacent to an activating group) is 1. The van der Waals surface area contributed by atoms with E-state index in [0.717, 1.165) is 110 Å². The topological polar surface area (TPSA) is 129 Å². The van der Waals surface area contributed by atoms with E-state index in [9.17, 15) is 4.79 Å². The average Bonchev–Trinajstić information content (AvgIpc) is 3.52. The Morgan fingerprint density at radius 1 is 0.900 bits per heavy atom. The second-order valence-corrected chi connectivity index (χ2v) is 13.6. The van der Waals surface area contributed by atoms with Crippen molar-refractivity contribution in [3.8, 4) is 11.5 Å². The molecule has 2 aromatic heterocycles.